The number of piperidine rings is 1. The highest BCUT2D eigenvalue weighted by Gasteiger charge is 2.24. The molecular formula is C20H27NO2. The van der Waals surface area contributed by atoms with Crippen molar-refractivity contribution in [2.45, 2.75) is 51.5 Å². The summed E-state index contributed by atoms with van der Waals surface area (Å²) in [4.78, 5) is 14.4. The van der Waals surface area contributed by atoms with Crippen LogP contribution >= 0.6 is 0 Å². The highest BCUT2D eigenvalue weighted by Crippen LogP contribution is 2.28. The fourth-order valence-corrected chi connectivity index (χ4v) is 3.76. The molecular weight excluding hydrogens is 286 g/mol. The molecule has 1 aliphatic heterocycles. The van der Waals surface area contributed by atoms with Crippen molar-refractivity contribution in [2.24, 2.45) is 0 Å². The highest BCUT2D eigenvalue weighted by atomic mass is 16.5. The summed E-state index contributed by atoms with van der Waals surface area (Å²) in [5, 5.41) is 0. The van der Waals surface area contributed by atoms with Crippen molar-refractivity contribution in [3.05, 3.63) is 41.0 Å². The van der Waals surface area contributed by atoms with E-state index in [-0.39, 0.29) is 5.97 Å². The molecule has 3 nitrogen and oxygen atoms in total. The van der Waals surface area contributed by atoms with Crippen molar-refractivity contribution in [2.75, 3.05) is 19.7 Å². The average molecular weight is 313 g/mol. The molecule has 3 rings (SSSR count). The van der Waals surface area contributed by atoms with Crippen LogP contribution in [0.1, 0.15) is 61.4 Å². The Balaban J connectivity index is 1.56. The minimum Gasteiger partial charge on any atom is -0.462 e. The number of rotatable bonds is 4. The molecule has 1 saturated heterocycles. The van der Waals surface area contributed by atoms with Gasteiger partial charge in [-0.25, -0.2) is 4.79 Å². The van der Waals surface area contributed by atoms with Gasteiger partial charge in [0.15, 0.2) is 0 Å². The Kier molecular flexibility index (Phi) is 5.50. The van der Waals surface area contributed by atoms with Crippen LogP contribution < -0.4 is 0 Å². The van der Waals surface area contributed by atoms with Gasteiger partial charge in [0.2, 0.25) is 0 Å². The van der Waals surface area contributed by atoms with Crippen molar-refractivity contribution in [3.8, 4) is 0 Å². The number of hydrogen-bond acceptors (Lipinski definition) is 3. The summed E-state index contributed by atoms with van der Waals surface area (Å²) in [6.07, 6.45) is 10.3. The van der Waals surface area contributed by atoms with Crippen LogP contribution in [0.25, 0.3) is 6.08 Å². The third-order valence-corrected chi connectivity index (χ3v) is 5.07. The summed E-state index contributed by atoms with van der Waals surface area (Å²) in [6.45, 7) is 4.66. The zero-order valence-corrected chi connectivity index (χ0v) is 14.1. The van der Waals surface area contributed by atoms with Crippen molar-refractivity contribution in [1.82, 2.24) is 4.90 Å². The predicted octanol–water partition coefficient (Wildman–Crippen LogP) is 4.29. The minimum atomic E-state index is -0.239. The molecule has 1 aromatic carbocycles. The van der Waals surface area contributed by atoms with Crippen LogP contribution in [-0.2, 0) is 4.74 Å². The fourth-order valence-electron chi connectivity index (χ4n) is 3.76. The lowest BCUT2D eigenvalue weighted by Gasteiger charge is -2.33. The Bertz CT molecular complexity index is 546. The van der Waals surface area contributed by atoms with Gasteiger partial charge in [0.1, 0.15) is 0 Å². The van der Waals surface area contributed by atoms with E-state index >= 15 is 0 Å². The summed E-state index contributed by atoms with van der Waals surface area (Å²) in [5.74, 6) is -0.239. The molecule has 124 valence electrons. The van der Waals surface area contributed by atoms with Gasteiger partial charge in [-0.1, -0.05) is 36.6 Å². The number of likely N-dealkylation sites (tertiary alicyclic amines) is 1. The molecule has 0 atom stereocenters. The van der Waals surface area contributed by atoms with Crippen molar-refractivity contribution >= 4 is 12.0 Å². The van der Waals surface area contributed by atoms with Gasteiger partial charge in [-0.3, -0.25) is 4.90 Å². The number of benzene rings is 1. The van der Waals surface area contributed by atoms with Gasteiger partial charge >= 0.3 is 5.97 Å². The molecule has 0 N–H and O–H groups in total. The first-order chi connectivity index (χ1) is 11.3. The minimum absolute atomic E-state index is 0.239. The second kappa shape index (κ2) is 7.78. The third kappa shape index (κ3) is 4.23. The van der Waals surface area contributed by atoms with Crippen LogP contribution in [0.3, 0.4) is 0 Å². The molecule has 1 aromatic rings. The van der Waals surface area contributed by atoms with Crippen molar-refractivity contribution in [1.29, 1.82) is 0 Å². The summed E-state index contributed by atoms with van der Waals surface area (Å²) < 4.78 is 5.02. The molecule has 1 aliphatic carbocycles. The molecule has 0 bridgehead atoms. The fraction of sp³-hybridized carbons (Fsp3) is 0.550. The highest BCUT2D eigenvalue weighted by molar-refractivity contribution is 5.89. The van der Waals surface area contributed by atoms with Crippen LogP contribution in [0, 0.1) is 0 Å². The smallest absolute Gasteiger partial charge is 0.338 e. The van der Waals surface area contributed by atoms with Crippen molar-refractivity contribution in [3.63, 3.8) is 0 Å². The van der Waals surface area contributed by atoms with E-state index in [1.54, 1.807) is 0 Å². The molecule has 1 saturated carbocycles. The standard InChI is InChI=1S/C20H27NO2/c1-2-23-20(22)18-9-7-16(8-10-18)15-17-11-13-21(14-12-17)19-5-3-4-6-19/h7-10,15,19H,2-6,11-14H2,1H3. The van der Waals surface area contributed by atoms with E-state index in [4.69, 9.17) is 4.74 Å². The normalized spacial score (nSPS) is 19.8. The number of nitrogens with zero attached hydrogens (tertiary/aromatic N) is 1. The molecule has 0 amide bonds. The topological polar surface area (TPSA) is 29.5 Å². The first-order valence-electron chi connectivity index (χ1n) is 8.97. The van der Waals surface area contributed by atoms with E-state index in [2.05, 4.69) is 11.0 Å². The number of hydrogen-bond donors (Lipinski definition) is 0. The maximum Gasteiger partial charge on any atom is 0.338 e. The Morgan fingerprint density at radius 3 is 2.43 bits per heavy atom. The Hall–Kier alpha value is -1.61. The Morgan fingerprint density at radius 2 is 1.83 bits per heavy atom. The quantitative estimate of drug-likeness (QED) is 0.777. The van der Waals surface area contributed by atoms with E-state index in [9.17, 15) is 4.79 Å². The third-order valence-electron chi connectivity index (χ3n) is 5.07. The molecule has 3 heteroatoms. The van der Waals surface area contributed by atoms with Gasteiger partial charge in [0.05, 0.1) is 12.2 Å². The Morgan fingerprint density at radius 1 is 1.17 bits per heavy atom. The molecule has 2 fully saturated rings. The van der Waals surface area contributed by atoms with Crippen LogP contribution in [0.4, 0.5) is 0 Å². The average Bonchev–Trinajstić information content (AvgIpc) is 3.11. The van der Waals surface area contributed by atoms with E-state index in [0.717, 1.165) is 6.04 Å². The largest absolute Gasteiger partial charge is 0.462 e. The zero-order chi connectivity index (χ0) is 16.1. The number of ether oxygens (including phenoxy) is 1. The van der Waals surface area contributed by atoms with E-state index in [0.29, 0.717) is 12.2 Å². The maximum absolute atomic E-state index is 11.7. The molecule has 0 radical (unpaired) electrons. The summed E-state index contributed by atoms with van der Waals surface area (Å²) in [6, 6.07) is 8.60. The lowest BCUT2D eigenvalue weighted by molar-refractivity contribution is 0.0526. The van der Waals surface area contributed by atoms with Gasteiger partial charge < -0.3 is 4.74 Å². The number of esters is 1. The molecule has 23 heavy (non-hydrogen) atoms. The number of carbonyl (C=O) groups excluding carboxylic acids is 1. The summed E-state index contributed by atoms with van der Waals surface area (Å²) >= 11 is 0. The van der Waals surface area contributed by atoms with Crippen LogP contribution in [-0.4, -0.2) is 36.6 Å². The number of carbonyl (C=O) groups is 1. The van der Waals surface area contributed by atoms with Crippen molar-refractivity contribution < 1.29 is 9.53 Å². The van der Waals surface area contributed by atoms with Crippen LogP contribution in [0.15, 0.2) is 29.8 Å². The summed E-state index contributed by atoms with van der Waals surface area (Å²) in [7, 11) is 0. The lowest BCUT2D eigenvalue weighted by Crippen LogP contribution is -2.38. The van der Waals surface area contributed by atoms with E-state index in [1.165, 1.54) is 62.8 Å². The van der Waals surface area contributed by atoms with Gasteiger partial charge in [0, 0.05) is 19.1 Å². The summed E-state index contributed by atoms with van der Waals surface area (Å²) in [5.41, 5.74) is 3.34. The molecule has 2 aliphatic rings. The van der Waals surface area contributed by atoms with Crippen LogP contribution in [0.5, 0.6) is 0 Å². The molecule has 0 unspecified atom stereocenters. The predicted molar refractivity (Wildman–Crippen MR) is 93.4 cm³/mol. The van der Waals surface area contributed by atoms with Gasteiger partial charge in [-0.05, 0) is 50.3 Å². The molecule has 0 aromatic heterocycles. The van der Waals surface area contributed by atoms with E-state index < -0.39 is 0 Å². The SMILES string of the molecule is CCOC(=O)c1ccc(C=C2CCN(C3CCCC3)CC2)cc1. The van der Waals surface area contributed by atoms with Gasteiger partial charge in [-0.2, -0.15) is 0 Å². The maximum atomic E-state index is 11.7. The first-order valence-corrected chi connectivity index (χ1v) is 8.97. The van der Waals surface area contributed by atoms with Gasteiger partial charge in [-0.15, -0.1) is 0 Å². The van der Waals surface area contributed by atoms with Gasteiger partial charge in [0.25, 0.3) is 0 Å². The second-order valence-corrected chi connectivity index (χ2v) is 6.62. The Labute approximate surface area is 139 Å². The molecule has 0 spiro atoms. The molecule has 1 heterocycles. The first kappa shape index (κ1) is 16.3. The van der Waals surface area contributed by atoms with E-state index in [1.807, 2.05) is 31.2 Å². The van der Waals surface area contributed by atoms with Crippen LogP contribution in [0.2, 0.25) is 0 Å². The lowest BCUT2D eigenvalue weighted by atomic mass is 9.99. The second-order valence-electron chi connectivity index (χ2n) is 6.62. The zero-order valence-electron chi connectivity index (χ0n) is 14.1. The monoisotopic (exact) mass is 313 g/mol.